The second-order valence-electron chi connectivity index (χ2n) is 6.00. The third-order valence-corrected chi connectivity index (χ3v) is 4.20. The lowest BCUT2D eigenvalue weighted by Gasteiger charge is -2.27. The summed E-state index contributed by atoms with van der Waals surface area (Å²) >= 11 is 0. The van der Waals surface area contributed by atoms with Crippen LogP contribution < -0.4 is 5.32 Å². The van der Waals surface area contributed by atoms with Crippen molar-refractivity contribution in [3.8, 4) is 0 Å². The van der Waals surface area contributed by atoms with E-state index in [2.05, 4.69) is 55.5 Å². The van der Waals surface area contributed by atoms with E-state index in [1.165, 1.54) is 49.8 Å². The van der Waals surface area contributed by atoms with Crippen LogP contribution in [0.1, 0.15) is 49.8 Å². The molecule has 1 saturated heterocycles. The average molecular weight is 260 g/mol. The smallest absolute Gasteiger partial charge is 0.0356 e. The van der Waals surface area contributed by atoms with Crippen molar-refractivity contribution in [2.45, 2.75) is 51.1 Å². The molecule has 2 heteroatoms. The van der Waals surface area contributed by atoms with Crippen LogP contribution in [0, 0.1) is 0 Å². The van der Waals surface area contributed by atoms with Gasteiger partial charge < -0.3 is 10.2 Å². The standard InChI is InChI=1S/C17H28N2/c1-4-6-14-8-10-15(11-9-14)17(19(2)3)13-16-7-5-12-18-16/h8-11,16-18H,4-7,12-13H2,1-3H3. The van der Waals surface area contributed by atoms with Crippen LogP contribution in [0.25, 0.3) is 0 Å². The molecule has 1 fully saturated rings. The Morgan fingerprint density at radius 2 is 2.00 bits per heavy atom. The van der Waals surface area contributed by atoms with Crippen molar-refractivity contribution < 1.29 is 0 Å². The Bertz CT molecular complexity index is 363. The van der Waals surface area contributed by atoms with Gasteiger partial charge >= 0.3 is 0 Å². The molecule has 1 aromatic rings. The number of nitrogens with zero attached hydrogens (tertiary/aromatic N) is 1. The molecule has 1 N–H and O–H groups in total. The Morgan fingerprint density at radius 3 is 2.53 bits per heavy atom. The summed E-state index contributed by atoms with van der Waals surface area (Å²) in [5, 5.41) is 3.62. The van der Waals surface area contributed by atoms with Crippen LogP contribution in [-0.4, -0.2) is 31.6 Å². The zero-order chi connectivity index (χ0) is 13.7. The van der Waals surface area contributed by atoms with E-state index in [1.807, 2.05) is 0 Å². The van der Waals surface area contributed by atoms with Crippen LogP contribution in [0.15, 0.2) is 24.3 Å². The van der Waals surface area contributed by atoms with E-state index in [9.17, 15) is 0 Å². The van der Waals surface area contributed by atoms with E-state index in [1.54, 1.807) is 0 Å². The summed E-state index contributed by atoms with van der Waals surface area (Å²) in [5.41, 5.74) is 2.92. The zero-order valence-corrected chi connectivity index (χ0v) is 12.7. The molecule has 0 aliphatic carbocycles. The van der Waals surface area contributed by atoms with Gasteiger partial charge in [-0.1, -0.05) is 37.6 Å². The van der Waals surface area contributed by atoms with Crippen LogP contribution >= 0.6 is 0 Å². The van der Waals surface area contributed by atoms with Gasteiger partial charge in [0.25, 0.3) is 0 Å². The van der Waals surface area contributed by atoms with Crippen molar-refractivity contribution >= 4 is 0 Å². The molecule has 0 amide bonds. The molecular weight excluding hydrogens is 232 g/mol. The topological polar surface area (TPSA) is 15.3 Å². The van der Waals surface area contributed by atoms with E-state index >= 15 is 0 Å². The summed E-state index contributed by atoms with van der Waals surface area (Å²) in [7, 11) is 4.39. The highest BCUT2D eigenvalue weighted by Crippen LogP contribution is 2.26. The van der Waals surface area contributed by atoms with E-state index in [0.717, 1.165) is 0 Å². The first-order valence-corrected chi connectivity index (χ1v) is 7.69. The van der Waals surface area contributed by atoms with Gasteiger partial charge in [-0.2, -0.15) is 0 Å². The third kappa shape index (κ3) is 4.05. The van der Waals surface area contributed by atoms with Crippen molar-refractivity contribution in [2.75, 3.05) is 20.6 Å². The Morgan fingerprint density at radius 1 is 1.26 bits per heavy atom. The summed E-state index contributed by atoms with van der Waals surface area (Å²) in [6.45, 7) is 3.43. The molecule has 0 aromatic heterocycles. The minimum absolute atomic E-state index is 0.534. The quantitative estimate of drug-likeness (QED) is 0.843. The monoisotopic (exact) mass is 260 g/mol. The highest BCUT2D eigenvalue weighted by Gasteiger charge is 2.22. The maximum Gasteiger partial charge on any atom is 0.0356 e. The van der Waals surface area contributed by atoms with Gasteiger partial charge in [0.05, 0.1) is 0 Å². The van der Waals surface area contributed by atoms with Crippen molar-refractivity contribution in [3.63, 3.8) is 0 Å². The number of hydrogen-bond donors (Lipinski definition) is 1. The molecule has 2 nitrogen and oxygen atoms in total. The fourth-order valence-corrected chi connectivity index (χ4v) is 3.07. The van der Waals surface area contributed by atoms with E-state index in [0.29, 0.717) is 12.1 Å². The van der Waals surface area contributed by atoms with Crippen molar-refractivity contribution in [1.82, 2.24) is 10.2 Å². The maximum absolute atomic E-state index is 3.62. The van der Waals surface area contributed by atoms with E-state index in [-0.39, 0.29) is 0 Å². The largest absolute Gasteiger partial charge is 0.314 e. The van der Waals surface area contributed by atoms with Crippen LogP contribution in [0.3, 0.4) is 0 Å². The molecule has 2 atom stereocenters. The Hall–Kier alpha value is -0.860. The molecule has 1 aliphatic rings. The molecule has 1 heterocycles. The molecule has 0 spiro atoms. The number of rotatable bonds is 6. The average Bonchev–Trinajstić information content (AvgIpc) is 2.90. The first kappa shape index (κ1) is 14.5. The molecule has 1 aromatic carbocycles. The van der Waals surface area contributed by atoms with Crippen molar-refractivity contribution in [2.24, 2.45) is 0 Å². The molecule has 106 valence electrons. The highest BCUT2D eigenvalue weighted by atomic mass is 15.1. The van der Waals surface area contributed by atoms with Gasteiger partial charge in [0.15, 0.2) is 0 Å². The minimum atomic E-state index is 0.534. The number of benzene rings is 1. The van der Waals surface area contributed by atoms with Crippen LogP contribution in [0.5, 0.6) is 0 Å². The Labute approximate surface area is 118 Å². The Balaban J connectivity index is 2.04. The number of nitrogens with one attached hydrogen (secondary N) is 1. The SMILES string of the molecule is CCCc1ccc(C(CC2CCCN2)N(C)C)cc1. The van der Waals surface area contributed by atoms with Crippen LogP contribution in [0.2, 0.25) is 0 Å². The molecule has 2 rings (SSSR count). The second kappa shape index (κ2) is 7.06. The number of aryl methyl sites for hydroxylation is 1. The fraction of sp³-hybridized carbons (Fsp3) is 0.647. The zero-order valence-electron chi connectivity index (χ0n) is 12.7. The Kier molecular flexibility index (Phi) is 5.41. The molecule has 0 radical (unpaired) electrons. The predicted octanol–water partition coefficient (Wildman–Crippen LogP) is 3.38. The third-order valence-electron chi connectivity index (χ3n) is 4.20. The van der Waals surface area contributed by atoms with Crippen molar-refractivity contribution in [3.05, 3.63) is 35.4 Å². The molecule has 2 unspecified atom stereocenters. The summed E-state index contributed by atoms with van der Waals surface area (Å²) in [6.07, 6.45) is 6.30. The lowest BCUT2D eigenvalue weighted by Crippen LogP contribution is -2.29. The summed E-state index contributed by atoms with van der Waals surface area (Å²) in [4.78, 5) is 2.36. The summed E-state index contributed by atoms with van der Waals surface area (Å²) < 4.78 is 0. The molecule has 0 saturated carbocycles. The summed E-state index contributed by atoms with van der Waals surface area (Å²) in [6, 6.07) is 10.5. The molecular formula is C17H28N2. The van der Waals surface area contributed by atoms with Gasteiger partial charge in [-0.05, 0) is 57.5 Å². The van der Waals surface area contributed by atoms with Gasteiger partial charge in [-0.15, -0.1) is 0 Å². The fourth-order valence-electron chi connectivity index (χ4n) is 3.07. The molecule has 0 bridgehead atoms. The van der Waals surface area contributed by atoms with Gasteiger partial charge in [0.2, 0.25) is 0 Å². The van der Waals surface area contributed by atoms with Gasteiger partial charge in [0, 0.05) is 12.1 Å². The predicted molar refractivity (Wildman–Crippen MR) is 82.5 cm³/mol. The maximum atomic E-state index is 3.62. The van der Waals surface area contributed by atoms with E-state index in [4.69, 9.17) is 0 Å². The minimum Gasteiger partial charge on any atom is -0.314 e. The first-order valence-electron chi connectivity index (χ1n) is 7.69. The molecule has 19 heavy (non-hydrogen) atoms. The van der Waals surface area contributed by atoms with Crippen LogP contribution in [0.4, 0.5) is 0 Å². The van der Waals surface area contributed by atoms with Crippen LogP contribution in [-0.2, 0) is 6.42 Å². The number of hydrogen-bond acceptors (Lipinski definition) is 2. The lowest BCUT2D eigenvalue weighted by molar-refractivity contribution is 0.263. The highest BCUT2D eigenvalue weighted by molar-refractivity contribution is 5.25. The summed E-state index contributed by atoms with van der Waals surface area (Å²) in [5.74, 6) is 0. The first-order chi connectivity index (χ1) is 9.20. The molecule has 1 aliphatic heterocycles. The lowest BCUT2D eigenvalue weighted by atomic mass is 9.96. The van der Waals surface area contributed by atoms with E-state index < -0.39 is 0 Å². The van der Waals surface area contributed by atoms with Gasteiger partial charge in [-0.25, -0.2) is 0 Å². The normalized spacial score (nSPS) is 20.9. The van der Waals surface area contributed by atoms with Gasteiger partial charge in [0.1, 0.15) is 0 Å². The second-order valence-corrected chi connectivity index (χ2v) is 6.00. The van der Waals surface area contributed by atoms with Gasteiger partial charge in [-0.3, -0.25) is 0 Å². The van der Waals surface area contributed by atoms with Crippen molar-refractivity contribution in [1.29, 1.82) is 0 Å².